The lowest BCUT2D eigenvalue weighted by molar-refractivity contribution is 0.0687. The van der Waals surface area contributed by atoms with E-state index in [2.05, 4.69) is 16.0 Å². The molecule has 0 aromatic carbocycles. The fraction of sp³-hybridized carbons (Fsp3) is 0.636. The smallest absolute Gasteiger partial charge is 0.356 e. The van der Waals surface area contributed by atoms with E-state index in [4.69, 9.17) is 5.11 Å². The van der Waals surface area contributed by atoms with Gasteiger partial charge in [0.05, 0.1) is 5.51 Å². The number of carboxylic acids is 1. The molecule has 6 nitrogen and oxygen atoms in total. The number of hydrogen-bond acceptors (Lipinski definition) is 6. The van der Waals surface area contributed by atoms with Crippen LogP contribution in [0.1, 0.15) is 36.2 Å². The lowest BCUT2D eigenvalue weighted by atomic mass is 9.96. The van der Waals surface area contributed by atoms with Gasteiger partial charge in [0, 0.05) is 11.3 Å². The van der Waals surface area contributed by atoms with E-state index in [-0.39, 0.29) is 10.3 Å². The molecule has 2 N–H and O–H groups in total. The van der Waals surface area contributed by atoms with Crippen LogP contribution in [0.5, 0.6) is 0 Å². The van der Waals surface area contributed by atoms with Crippen molar-refractivity contribution in [2.24, 2.45) is 0 Å². The van der Waals surface area contributed by atoms with Gasteiger partial charge in [0.25, 0.3) is 10.0 Å². The van der Waals surface area contributed by atoms with E-state index < -0.39 is 21.7 Å². The molecule has 1 aromatic rings. The van der Waals surface area contributed by atoms with Gasteiger partial charge in [-0.1, -0.05) is 0 Å². The van der Waals surface area contributed by atoms with Crippen molar-refractivity contribution in [3.8, 4) is 0 Å². The molecule has 1 fully saturated rings. The topological polar surface area (TPSA) is 96.4 Å². The largest absolute Gasteiger partial charge is 0.476 e. The molecule has 1 heterocycles. The van der Waals surface area contributed by atoms with Crippen molar-refractivity contribution in [2.45, 2.75) is 41.2 Å². The molecule has 0 spiro atoms. The zero-order valence-electron chi connectivity index (χ0n) is 10.9. The average molecular weight is 336 g/mol. The first-order chi connectivity index (χ1) is 9.44. The SMILES string of the molecule is CSC1CCC(NS(=O)(=O)c2scnc2C(=O)O)CC1. The van der Waals surface area contributed by atoms with Gasteiger partial charge in [-0.05, 0) is 31.9 Å². The zero-order chi connectivity index (χ0) is 14.8. The maximum atomic E-state index is 12.2. The van der Waals surface area contributed by atoms with Crippen LogP contribution >= 0.6 is 23.1 Å². The first-order valence-electron chi connectivity index (χ1n) is 6.16. The Kier molecular flexibility index (Phi) is 5.05. The predicted molar refractivity (Wildman–Crippen MR) is 79.0 cm³/mol. The van der Waals surface area contributed by atoms with Crippen molar-refractivity contribution in [3.05, 3.63) is 11.2 Å². The summed E-state index contributed by atoms with van der Waals surface area (Å²) in [5, 5.41) is 9.53. The number of hydrogen-bond donors (Lipinski definition) is 2. The van der Waals surface area contributed by atoms with Crippen LogP contribution < -0.4 is 4.72 Å². The maximum Gasteiger partial charge on any atom is 0.356 e. The molecule has 0 unspecified atom stereocenters. The summed E-state index contributed by atoms with van der Waals surface area (Å²) in [6.45, 7) is 0. The molecule has 0 bridgehead atoms. The van der Waals surface area contributed by atoms with Gasteiger partial charge in [-0.2, -0.15) is 11.8 Å². The van der Waals surface area contributed by atoms with Crippen LogP contribution in [0.4, 0.5) is 0 Å². The summed E-state index contributed by atoms with van der Waals surface area (Å²) >= 11 is 2.64. The van der Waals surface area contributed by atoms with E-state index in [0.717, 1.165) is 37.0 Å². The summed E-state index contributed by atoms with van der Waals surface area (Å²) in [5.74, 6) is -1.32. The molecule has 0 aliphatic heterocycles. The van der Waals surface area contributed by atoms with Gasteiger partial charge >= 0.3 is 5.97 Å². The Morgan fingerprint density at radius 2 is 2.10 bits per heavy atom. The standard InChI is InChI=1S/C11H16N2O4S3/c1-18-8-4-2-7(3-5-8)13-20(16,17)11-9(10(14)15)12-6-19-11/h6-8,13H,2-5H2,1H3,(H,14,15). The molecule has 2 rings (SSSR count). The average Bonchev–Trinajstić information content (AvgIpc) is 2.89. The molecule has 1 aliphatic rings. The first-order valence-corrected chi connectivity index (χ1v) is 9.81. The van der Waals surface area contributed by atoms with Crippen molar-refractivity contribution in [3.63, 3.8) is 0 Å². The molecule has 0 amide bonds. The van der Waals surface area contributed by atoms with Crippen molar-refractivity contribution in [1.82, 2.24) is 9.71 Å². The molecule has 0 atom stereocenters. The zero-order valence-corrected chi connectivity index (χ0v) is 13.4. The van der Waals surface area contributed by atoms with Crippen molar-refractivity contribution in [2.75, 3.05) is 6.26 Å². The Morgan fingerprint density at radius 3 is 2.65 bits per heavy atom. The normalized spacial score (nSPS) is 23.6. The second-order valence-electron chi connectivity index (χ2n) is 4.62. The number of sulfonamides is 1. The predicted octanol–water partition coefficient (Wildman–Crippen LogP) is 1.79. The van der Waals surface area contributed by atoms with Crippen molar-refractivity contribution < 1.29 is 18.3 Å². The van der Waals surface area contributed by atoms with Crippen molar-refractivity contribution >= 4 is 39.1 Å². The lowest BCUT2D eigenvalue weighted by Crippen LogP contribution is -2.38. The highest BCUT2D eigenvalue weighted by Gasteiger charge is 2.30. The number of carbonyl (C=O) groups is 1. The van der Waals surface area contributed by atoms with Crippen LogP contribution in [-0.2, 0) is 10.0 Å². The quantitative estimate of drug-likeness (QED) is 0.851. The third-order valence-electron chi connectivity index (χ3n) is 3.31. The van der Waals surface area contributed by atoms with Gasteiger partial charge in [0.15, 0.2) is 9.90 Å². The number of nitrogens with one attached hydrogen (secondary N) is 1. The van der Waals surface area contributed by atoms with E-state index in [0.29, 0.717) is 5.25 Å². The molecule has 1 aliphatic carbocycles. The Hall–Kier alpha value is -0.640. The molecule has 0 saturated heterocycles. The number of aromatic carboxylic acids is 1. The Labute approximate surface area is 126 Å². The number of carboxylic acid groups (broad SMARTS) is 1. The van der Waals surface area contributed by atoms with Crippen LogP contribution in [0.3, 0.4) is 0 Å². The molecular weight excluding hydrogens is 320 g/mol. The lowest BCUT2D eigenvalue weighted by Gasteiger charge is -2.27. The van der Waals surface area contributed by atoms with Crippen LogP contribution in [0.2, 0.25) is 0 Å². The van der Waals surface area contributed by atoms with Gasteiger partial charge < -0.3 is 5.11 Å². The number of thiazole rings is 1. The monoisotopic (exact) mass is 336 g/mol. The maximum absolute atomic E-state index is 12.2. The highest BCUT2D eigenvalue weighted by atomic mass is 32.2. The summed E-state index contributed by atoms with van der Waals surface area (Å²) in [6.07, 6.45) is 5.58. The third kappa shape index (κ3) is 3.51. The second-order valence-corrected chi connectivity index (χ2v) is 8.53. The number of rotatable bonds is 5. The van der Waals surface area contributed by atoms with Gasteiger partial charge in [0.2, 0.25) is 0 Å². The summed E-state index contributed by atoms with van der Waals surface area (Å²) in [6, 6.07) is -0.118. The van der Waals surface area contributed by atoms with Gasteiger partial charge in [-0.15, -0.1) is 11.3 Å². The van der Waals surface area contributed by atoms with E-state index in [1.54, 1.807) is 11.8 Å². The number of nitrogens with zero attached hydrogens (tertiary/aromatic N) is 1. The first kappa shape index (κ1) is 15.7. The Balaban J connectivity index is 2.08. The molecule has 20 heavy (non-hydrogen) atoms. The van der Waals surface area contributed by atoms with Gasteiger partial charge in [-0.3, -0.25) is 0 Å². The Bertz CT molecular complexity index is 576. The van der Waals surface area contributed by atoms with Crippen molar-refractivity contribution in [1.29, 1.82) is 0 Å². The minimum absolute atomic E-state index is 0.118. The van der Waals surface area contributed by atoms with Crippen LogP contribution in [-0.4, -0.2) is 42.0 Å². The summed E-state index contributed by atoms with van der Waals surface area (Å²) < 4.78 is 26.9. The summed E-state index contributed by atoms with van der Waals surface area (Å²) in [4.78, 5) is 14.5. The molecule has 1 aromatic heterocycles. The molecule has 112 valence electrons. The molecular formula is C11H16N2O4S3. The number of thioether (sulfide) groups is 1. The fourth-order valence-electron chi connectivity index (χ4n) is 2.26. The summed E-state index contributed by atoms with van der Waals surface area (Å²) in [5.41, 5.74) is 0.836. The second kappa shape index (κ2) is 6.42. The highest BCUT2D eigenvalue weighted by molar-refractivity contribution is 7.99. The van der Waals surface area contributed by atoms with Gasteiger partial charge in [-0.25, -0.2) is 22.9 Å². The third-order valence-corrected chi connectivity index (χ3v) is 7.34. The highest BCUT2D eigenvalue weighted by Crippen LogP contribution is 2.28. The molecule has 9 heteroatoms. The number of aromatic nitrogens is 1. The van der Waals surface area contributed by atoms with Crippen LogP contribution in [0, 0.1) is 0 Å². The molecule has 1 saturated carbocycles. The van der Waals surface area contributed by atoms with Crippen LogP contribution in [0.25, 0.3) is 0 Å². The van der Waals surface area contributed by atoms with E-state index in [1.165, 1.54) is 5.51 Å². The Morgan fingerprint density at radius 1 is 1.45 bits per heavy atom. The fourth-order valence-corrected chi connectivity index (χ4v) is 5.46. The minimum atomic E-state index is -3.80. The van der Waals surface area contributed by atoms with Gasteiger partial charge in [0.1, 0.15) is 0 Å². The minimum Gasteiger partial charge on any atom is -0.476 e. The van der Waals surface area contributed by atoms with E-state index in [9.17, 15) is 13.2 Å². The van der Waals surface area contributed by atoms with Crippen LogP contribution in [0.15, 0.2) is 9.72 Å². The van der Waals surface area contributed by atoms with E-state index >= 15 is 0 Å². The van der Waals surface area contributed by atoms with E-state index in [1.807, 2.05) is 0 Å². The molecule has 0 radical (unpaired) electrons. The summed E-state index contributed by atoms with van der Waals surface area (Å²) in [7, 11) is -3.80.